The molecule has 0 saturated heterocycles. The molecule has 0 unspecified atom stereocenters. The first kappa shape index (κ1) is 11.7. The molecule has 1 aliphatic rings. The normalized spacial score (nSPS) is 22.8. The summed E-state index contributed by atoms with van der Waals surface area (Å²) in [5.74, 6) is -0.316. The maximum Gasteiger partial charge on any atom is 0.306 e. The van der Waals surface area contributed by atoms with Gasteiger partial charge in [0.15, 0.2) is 0 Å². The topological polar surface area (TPSA) is 79.5 Å². The average Bonchev–Trinajstić information content (AvgIpc) is 2.72. The maximum atomic E-state index is 11.5. The number of nitrogens with one attached hydrogen (secondary N) is 1. The van der Waals surface area contributed by atoms with Crippen molar-refractivity contribution >= 4 is 11.9 Å². The number of rotatable bonds is 5. The largest absolute Gasteiger partial charge is 0.481 e. The molecular weight excluding hydrogens is 222 g/mol. The highest BCUT2D eigenvalue weighted by Gasteiger charge is 2.35. The van der Waals surface area contributed by atoms with Gasteiger partial charge in [-0.2, -0.15) is 0 Å². The van der Waals surface area contributed by atoms with Crippen molar-refractivity contribution in [1.29, 1.82) is 0 Å². The average molecular weight is 237 g/mol. The summed E-state index contributed by atoms with van der Waals surface area (Å²) < 4.78 is 5.12. The van der Waals surface area contributed by atoms with Crippen LogP contribution in [-0.4, -0.2) is 23.0 Å². The van der Waals surface area contributed by atoms with E-state index in [9.17, 15) is 9.59 Å². The van der Waals surface area contributed by atoms with Crippen molar-refractivity contribution in [3.63, 3.8) is 0 Å². The minimum atomic E-state index is -0.772. The van der Waals surface area contributed by atoms with Crippen LogP contribution in [0.15, 0.2) is 22.8 Å². The van der Waals surface area contributed by atoms with Crippen LogP contribution < -0.4 is 5.32 Å². The van der Waals surface area contributed by atoms with E-state index in [-0.39, 0.29) is 17.9 Å². The van der Waals surface area contributed by atoms with Crippen LogP contribution in [0.3, 0.4) is 0 Å². The zero-order valence-electron chi connectivity index (χ0n) is 9.39. The van der Waals surface area contributed by atoms with Crippen LogP contribution in [0.5, 0.6) is 0 Å². The summed E-state index contributed by atoms with van der Waals surface area (Å²) in [4.78, 5) is 22.1. The van der Waals surface area contributed by atoms with Crippen LogP contribution >= 0.6 is 0 Å². The van der Waals surface area contributed by atoms with Crippen molar-refractivity contribution < 1.29 is 19.1 Å². The molecule has 2 rings (SSSR count). The van der Waals surface area contributed by atoms with Crippen molar-refractivity contribution in [2.75, 3.05) is 0 Å². The Bertz CT molecular complexity index is 393. The molecular formula is C12H15NO4. The van der Waals surface area contributed by atoms with Gasteiger partial charge in [0.05, 0.1) is 12.2 Å². The van der Waals surface area contributed by atoms with Crippen LogP contribution in [0.4, 0.5) is 0 Å². The van der Waals surface area contributed by atoms with Gasteiger partial charge in [-0.1, -0.05) is 0 Å². The van der Waals surface area contributed by atoms with E-state index in [0.29, 0.717) is 25.7 Å². The van der Waals surface area contributed by atoms with Gasteiger partial charge in [0.2, 0.25) is 5.91 Å². The Morgan fingerprint density at radius 1 is 1.47 bits per heavy atom. The van der Waals surface area contributed by atoms with E-state index in [2.05, 4.69) is 5.32 Å². The molecule has 1 aromatic heterocycles. The second-order valence-corrected chi connectivity index (χ2v) is 4.35. The molecule has 0 radical (unpaired) electrons. The number of hydrogen-bond donors (Lipinski definition) is 2. The zero-order valence-corrected chi connectivity index (χ0v) is 9.39. The van der Waals surface area contributed by atoms with Crippen molar-refractivity contribution in [2.45, 2.75) is 31.7 Å². The zero-order chi connectivity index (χ0) is 12.3. The molecule has 2 N–H and O–H groups in total. The molecule has 1 saturated carbocycles. The van der Waals surface area contributed by atoms with Crippen molar-refractivity contribution in [3.05, 3.63) is 24.2 Å². The van der Waals surface area contributed by atoms with E-state index >= 15 is 0 Å². The Balaban J connectivity index is 1.64. The fraction of sp³-hybridized carbons (Fsp3) is 0.500. The van der Waals surface area contributed by atoms with E-state index in [4.69, 9.17) is 9.52 Å². The third-order valence-electron chi connectivity index (χ3n) is 3.03. The van der Waals surface area contributed by atoms with Gasteiger partial charge in [0.25, 0.3) is 0 Å². The van der Waals surface area contributed by atoms with E-state index < -0.39 is 5.97 Å². The van der Waals surface area contributed by atoms with Gasteiger partial charge < -0.3 is 14.8 Å². The lowest BCUT2D eigenvalue weighted by atomic mass is 9.80. The monoisotopic (exact) mass is 237 g/mol. The summed E-state index contributed by atoms with van der Waals surface area (Å²) in [6, 6.07) is 3.65. The van der Waals surface area contributed by atoms with E-state index in [1.165, 1.54) is 0 Å². The number of carboxylic acids is 1. The molecule has 5 heteroatoms. The van der Waals surface area contributed by atoms with Crippen molar-refractivity contribution in [2.24, 2.45) is 5.92 Å². The van der Waals surface area contributed by atoms with Crippen LogP contribution in [-0.2, 0) is 16.0 Å². The van der Waals surface area contributed by atoms with Gasteiger partial charge in [0.1, 0.15) is 5.76 Å². The molecule has 5 nitrogen and oxygen atoms in total. The summed E-state index contributed by atoms with van der Waals surface area (Å²) in [6.45, 7) is 0. The lowest BCUT2D eigenvalue weighted by Gasteiger charge is -2.32. The number of amides is 1. The Morgan fingerprint density at radius 3 is 2.82 bits per heavy atom. The number of hydrogen-bond acceptors (Lipinski definition) is 3. The minimum absolute atomic E-state index is 0.0280. The number of furan rings is 1. The summed E-state index contributed by atoms with van der Waals surface area (Å²) in [6.07, 6.45) is 3.62. The highest BCUT2D eigenvalue weighted by Crippen LogP contribution is 2.27. The first-order chi connectivity index (χ1) is 8.15. The van der Waals surface area contributed by atoms with E-state index in [1.807, 2.05) is 6.07 Å². The molecule has 0 spiro atoms. The molecule has 0 bridgehead atoms. The van der Waals surface area contributed by atoms with Crippen molar-refractivity contribution in [1.82, 2.24) is 5.32 Å². The highest BCUT2D eigenvalue weighted by atomic mass is 16.4. The van der Waals surface area contributed by atoms with Crippen LogP contribution in [0.2, 0.25) is 0 Å². The number of carbonyl (C=O) groups excluding carboxylic acids is 1. The van der Waals surface area contributed by atoms with Gasteiger partial charge in [-0.25, -0.2) is 0 Å². The smallest absolute Gasteiger partial charge is 0.306 e. The number of carboxylic acid groups (broad SMARTS) is 1. The predicted octanol–water partition coefficient (Wildman–Crippen LogP) is 1.19. The van der Waals surface area contributed by atoms with Gasteiger partial charge in [-0.05, 0) is 25.0 Å². The van der Waals surface area contributed by atoms with E-state index in [1.54, 1.807) is 12.3 Å². The van der Waals surface area contributed by atoms with Crippen LogP contribution in [0.25, 0.3) is 0 Å². The molecule has 1 fully saturated rings. The second kappa shape index (κ2) is 5.03. The first-order valence-corrected chi connectivity index (χ1v) is 5.69. The number of carbonyl (C=O) groups is 2. The summed E-state index contributed by atoms with van der Waals surface area (Å²) in [5.41, 5.74) is 0. The highest BCUT2D eigenvalue weighted by molar-refractivity contribution is 5.77. The molecule has 0 aliphatic heterocycles. The number of aliphatic carboxylic acids is 1. The lowest BCUT2D eigenvalue weighted by molar-refractivity contribution is -0.146. The second-order valence-electron chi connectivity index (χ2n) is 4.35. The molecule has 92 valence electrons. The van der Waals surface area contributed by atoms with Gasteiger partial charge >= 0.3 is 5.97 Å². The Hall–Kier alpha value is -1.78. The lowest BCUT2D eigenvalue weighted by Crippen LogP contribution is -2.46. The molecule has 1 aliphatic carbocycles. The first-order valence-electron chi connectivity index (χ1n) is 5.69. The molecule has 1 aromatic rings. The number of aryl methyl sites for hydroxylation is 1. The third-order valence-corrected chi connectivity index (χ3v) is 3.03. The van der Waals surface area contributed by atoms with Crippen LogP contribution in [0.1, 0.15) is 25.0 Å². The molecule has 0 aromatic carbocycles. The van der Waals surface area contributed by atoms with Gasteiger partial charge in [-0.15, -0.1) is 0 Å². The fourth-order valence-electron chi connectivity index (χ4n) is 1.93. The van der Waals surface area contributed by atoms with Gasteiger partial charge in [0, 0.05) is 18.9 Å². The molecule has 1 amide bonds. The summed E-state index contributed by atoms with van der Waals surface area (Å²) in [5, 5.41) is 11.5. The molecule has 1 heterocycles. The Morgan fingerprint density at radius 2 is 2.24 bits per heavy atom. The van der Waals surface area contributed by atoms with Crippen LogP contribution in [0, 0.1) is 5.92 Å². The van der Waals surface area contributed by atoms with Crippen molar-refractivity contribution in [3.8, 4) is 0 Å². The molecule has 0 atom stereocenters. The maximum absolute atomic E-state index is 11.5. The van der Waals surface area contributed by atoms with E-state index in [0.717, 1.165) is 5.76 Å². The van der Waals surface area contributed by atoms with Gasteiger partial charge in [-0.3, -0.25) is 9.59 Å². The summed E-state index contributed by atoms with van der Waals surface area (Å²) >= 11 is 0. The third kappa shape index (κ3) is 3.09. The fourth-order valence-corrected chi connectivity index (χ4v) is 1.93. The molecule has 17 heavy (non-hydrogen) atoms. The quantitative estimate of drug-likeness (QED) is 0.806. The minimum Gasteiger partial charge on any atom is -0.481 e. The summed E-state index contributed by atoms with van der Waals surface area (Å²) in [7, 11) is 0. The SMILES string of the molecule is O=C(CCc1ccco1)NC1CC(C(=O)O)C1. The Labute approximate surface area is 98.8 Å². The Kier molecular flexibility index (Phi) is 3.46. The standard InChI is InChI=1S/C12H15NO4/c14-11(4-3-10-2-1-5-17-10)13-9-6-8(7-9)12(15)16/h1-2,5,8-9H,3-4,6-7H2,(H,13,14)(H,15,16). The predicted molar refractivity (Wildman–Crippen MR) is 59.3 cm³/mol.